The first-order valence-corrected chi connectivity index (χ1v) is 7.14. The second kappa shape index (κ2) is 9.30. The molecule has 3 amide bonds. The zero-order valence-electron chi connectivity index (χ0n) is 12.3. The Morgan fingerprint density at radius 1 is 1.33 bits per heavy atom. The van der Waals surface area contributed by atoms with Crippen molar-refractivity contribution in [2.75, 3.05) is 32.8 Å². The first-order chi connectivity index (χ1) is 10.0. The SMILES string of the molecule is CCN1CCOC(CNC(=O)NC(=O)CCCC(=O)O)C1. The second-order valence-corrected chi connectivity index (χ2v) is 4.89. The molecule has 21 heavy (non-hydrogen) atoms. The minimum Gasteiger partial charge on any atom is -0.481 e. The molecule has 120 valence electrons. The van der Waals surface area contributed by atoms with E-state index < -0.39 is 17.9 Å². The number of hydrogen-bond donors (Lipinski definition) is 3. The number of urea groups is 1. The van der Waals surface area contributed by atoms with Crippen molar-refractivity contribution in [3.63, 3.8) is 0 Å². The van der Waals surface area contributed by atoms with Crippen LogP contribution in [0.1, 0.15) is 26.2 Å². The van der Waals surface area contributed by atoms with Crippen LogP contribution < -0.4 is 10.6 Å². The largest absolute Gasteiger partial charge is 0.481 e. The van der Waals surface area contributed by atoms with Crippen LogP contribution in [0.5, 0.6) is 0 Å². The Bertz CT molecular complexity index is 375. The summed E-state index contributed by atoms with van der Waals surface area (Å²) in [5.41, 5.74) is 0. The Kier molecular flexibility index (Phi) is 7.70. The molecule has 0 radical (unpaired) electrons. The van der Waals surface area contributed by atoms with Gasteiger partial charge in [-0.05, 0) is 13.0 Å². The van der Waals surface area contributed by atoms with E-state index in [1.165, 1.54) is 0 Å². The third-order valence-electron chi connectivity index (χ3n) is 3.21. The molecule has 1 unspecified atom stereocenters. The Labute approximate surface area is 123 Å². The Balaban J connectivity index is 2.15. The molecule has 0 aromatic heterocycles. The number of rotatable bonds is 7. The quantitative estimate of drug-likeness (QED) is 0.600. The van der Waals surface area contributed by atoms with E-state index in [-0.39, 0.29) is 25.4 Å². The van der Waals surface area contributed by atoms with Crippen LogP contribution in [0, 0.1) is 0 Å². The van der Waals surface area contributed by atoms with Crippen LogP contribution in [0.2, 0.25) is 0 Å². The molecule has 8 heteroatoms. The van der Waals surface area contributed by atoms with Gasteiger partial charge in [0, 0.05) is 32.5 Å². The van der Waals surface area contributed by atoms with E-state index >= 15 is 0 Å². The standard InChI is InChI=1S/C13H23N3O5/c1-2-16-6-7-21-10(9-16)8-14-13(20)15-11(17)4-3-5-12(18)19/h10H,2-9H2,1H3,(H,18,19)(H2,14,15,17,20). The fraction of sp³-hybridized carbons (Fsp3) is 0.769. The van der Waals surface area contributed by atoms with Gasteiger partial charge in [0.05, 0.1) is 12.7 Å². The van der Waals surface area contributed by atoms with Crippen molar-refractivity contribution < 1.29 is 24.2 Å². The number of morpholine rings is 1. The van der Waals surface area contributed by atoms with Gasteiger partial charge in [-0.15, -0.1) is 0 Å². The number of aliphatic carboxylic acids is 1. The van der Waals surface area contributed by atoms with Gasteiger partial charge in [-0.2, -0.15) is 0 Å². The van der Waals surface area contributed by atoms with E-state index in [0.717, 1.165) is 19.6 Å². The lowest BCUT2D eigenvalue weighted by atomic mass is 10.2. The van der Waals surface area contributed by atoms with Gasteiger partial charge in [0.1, 0.15) is 0 Å². The number of ether oxygens (including phenoxy) is 1. The van der Waals surface area contributed by atoms with Crippen molar-refractivity contribution in [3.8, 4) is 0 Å². The van der Waals surface area contributed by atoms with Crippen LogP contribution in [0.15, 0.2) is 0 Å². The number of imide groups is 1. The molecule has 1 aliphatic heterocycles. The summed E-state index contributed by atoms with van der Waals surface area (Å²) in [7, 11) is 0. The van der Waals surface area contributed by atoms with Crippen molar-refractivity contribution in [1.29, 1.82) is 0 Å². The van der Waals surface area contributed by atoms with Crippen molar-refractivity contribution >= 4 is 17.9 Å². The van der Waals surface area contributed by atoms with E-state index in [4.69, 9.17) is 9.84 Å². The Hall–Kier alpha value is -1.67. The number of carbonyl (C=O) groups excluding carboxylic acids is 2. The summed E-state index contributed by atoms with van der Waals surface area (Å²) >= 11 is 0. The topological polar surface area (TPSA) is 108 Å². The van der Waals surface area contributed by atoms with Gasteiger partial charge in [-0.1, -0.05) is 6.92 Å². The molecule has 1 saturated heterocycles. The van der Waals surface area contributed by atoms with Gasteiger partial charge >= 0.3 is 12.0 Å². The van der Waals surface area contributed by atoms with Gasteiger partial charge in [-0.25, -0.2) is 4.79 Å². The van der Waals surface area contributed by atoms with Crippen LogP contribution in [-0.4, -0.2) is 66.8 Å². The van der Waals surface area contributed by atoms with Crippen LogP contribution in [-0.2, 0) is 14.3 Å². The van der Waals surface area contributed by atoms with Gasteiger partial charge in [-0.3, -0.25) is 19.8 Å². The molecule has 1 rings (SSSR count). The van der Waals surface area contributed by atoms with E-state index in [1.54, 1.807) is 0 Å². The van der Waals surface area contributed by atoms with Gasteiger partial charge in [0.25, 0.3) is 0 Å². The number of hydrogen-bond acceptors (Lipinski definition) is 5. The highest BCUT2D eigenvalue weighted by Crippen LogP contribution is 2.03. The third-order valence-corrected chi connectivity index (χ3v) is 3.21. The highest BCUT2D eigenvalue weighted by Gasteiger charge is 2.20. The summed E-state index contributed by atoms with van der Waals surface area (Å²) in [6.07, 6.45) is 0.0683. The lowest BCUT2D eigenvalue weighted by Gasteiger charge is -2.32. The molecular formula is C13H23N3O5. The first kappa shape index (κ1) is 17.4. The predicted octanol–water partition coefficient (Wildman–Crippen LogP) is -0.212. The van der Waals surface area contributed by atoms with Crippen molar-refractivity contribution in [3.05, 3.63) is 0 Å². The maximum atomic E-state index is 11.5. The van der Waals surface area contributed by atoms with Crippen molar-refractivity contribution in [1.82, 2.24) is 15.5 Å². The highest BCUT2D eigenvalue weighted by atomic mass is 16.5. The molecule has 0 spiro atoms. The molecule has 8 nitrogen and oxygen atoms in total. The van der Waals surface area contributed by atoms with Gasteiger partial charge < -0.3 is 15.2 Å². The first-order valence-electron chi connectivity index (χ1n) is 7.14. The monoisotopic (exact) mass is 301 g/mol. The maximum absolute atomic E-state index is 11.5. The van der Waals surface area contributed by atoms with Crippen LogP contribution in [0.25, 0.3) is 0 Å². The van der Waals surface area contributed by atoms with E-state index in [0.29, 0.717) is 13.2 Å². The number of carboxylic acids is 1. The molecule has 1 fully saturated rings. The average molecular weight is 301 g/mol. The van der Waals surface area contributed by atoms with Crippen molar-refractivity contribution in [2.45, 2.75) is 32.3 Å². The summed E-state index contributed by atoms with van der Waals surface area (Å²) in [6, 6.07) is -0.576. The van der Waals surface area contributed by atoms with E-state index in [2.05, 4.69) is 22.5 Å². The number of likely N-dealkylation sites (N-methyl/N-ethyl adjacent to an activating group) is 1. The second-order valence-electron chi connectivity index (χ2n) is 4.89. The molecule has 1 heterocycles. The summed E-state index contributed by atoms with van der Waals surface area (Å²) in [4.78, 5) is 35.4. The zero-order valence-corrected chi connectivity index (χ0v) is 12.3. The molecule has 1 aliphatic rings. The zero-order chi connectivity index (χ0) is 15.7. The summed E-state index contributed by atoms with van der Waals surface area (Å²) in [5.74, 6) is -1.43. The Morgan fingerprint density at radius 2 is 2.10 bits per heavy atom. The molecule has 0 aromatic rings. The lowest BCUT2D eigenvalue weighted by Crippen LogP contribution is -2.49. The molecule has 3 N–H and O–H groups in total. The fourth-order valence-corrected chi connectivity index (χ4v) is 2.03. The van der Waals surface area contributed by atoms with Gasteiger partial charge in [0.15, 0.2) is 0 Å². The normalized spacial score (nSPS) is 19.0. The molecule has 0 aromatic carbocycles. The summed E-state index contributed by atoms with van der Waals surface area (Å²) < 4.78 is 5.52. The van der Waals surface area contributed by atoms with E-state index in [1.807, 2.05) is 0 Å². The fourth-order valence-electron chi connectivity index (χ4n) is 2.03. The molecule has 0 bridgehead atoms. The number of nitrogens with zero attached hydrogens (tertiary/aromatic N) is 1. The maximum Gasteiger partial charge on any atom is 0.321 e. The van der Waals surface area contributed by atoms with Gasteiger partial charge in [0.2, 0.25) is 5.91 Å². The molecule has 1 atom stereocenters. The van der Waals surface area contributed by atoms with E-state index in [9.17, 15) is 14.4 Å². The highest BCUT2D eigenvalue weighted by molar-refractivity contribution is 5.94. The number of nitrogens with one attached hydrogen (secondary N) is 2. The Morgan fingerprint density at radius 3 is 2.76 bits per heavy atom. The average Bonchev–Trinajstić information content (AvgIpc) is 2.45. The number of carboxylic acid groups (broad SMARTS) is 1. The van der Waals surface area contributed by atoms with Crippen molar-refractivity contribution in [2.24, 2.45) is 0 Å². The molecular weight excluding hydrogens is 278 g/mol. The summed E-state index contributed by atoms with van der Waals surface area (Å²) in [6.45, 7) is 5.62. The number of amides is 3. The lowest BCUT2D eigenvalue weighted by molar-refractivity contribution is -0.137. The van der Waals surface area contributed by atoms with Crippen LogP contribution >= 0.6 is 0 Å². The van der Waals surface area contributed by atoms with Crippen LogP contribution in [0.3, 0.4) is 0 Å². The minimum atomic E-state index is -0.956. The smallest absolute Gasteiger partial charge is 0.321 e. The molecule has 0 aliphatic carbocycles. The third kappa shape index (κ3) is 7.62. The minimum absolute atomic E-state index is 0.0171. The summed E-state index contributed by atoms with van der Waals surface area (Å²) in [5, 5.41) is 13.2. The predicted molar refractivity (Wildman–Crippen MR) is 74.9 cm³/mol. The molecule has 0 saturated carbocycles. The van der Waals surface area contributed by atoms with Crippen LogP contribution in [0.4, 0.5) is 4.79 Å². The number of carbonyl (C=O) groups is 3.